The highest BCUT2D eigenvalue weighted by Crippen LogP contribution is 2.24. The Hall–Kier alpha value is -1.75. The van der Waals surface area contributed by atoms with Crippen LogP contribution in [0.3, 0.4) is 0 Å². The number of ether oxygens (including phenoxy) is 1. The van der Waals surface area contributed by atoms with Crippen LogP contribution in [0.4, 0.5) is 0 Å². The van der Waals surface area contributed by atoms with Crippen molar-refractivity contribution in [3.8, 4) is 11.4 Å². The molecule has 0 unspecified atom stereocenters. The molecule has 100 valence electrons. The lowest BCUT2D eigenvalue weighted by Gasteiger charge is -2.12. The van der Waals surface area contributed by atoms with Crippen molar-refractivity contribution >= 4 is 17.3 Å². The van der Waals surface area contributed by atoms with E-state index in [2.05, 4.69) is 9.97 Å². The maximum Gasteiger partial charge on any atom is 0.339 e. The largest absolute Gasteiger partial charge is 0.462 e. The van der Waals surface area contributed by atoms with Gasteiger partial charge in [-0.3, -0.25) is 0 Å². The third-order valence-electron chi connectivity index (χ3n) is 2.66. The van der Waals surface area contributed by atoms with E-state index < -0.39 is 0 Å². The van der Waals surface area contributed by atoms with Crippen molar-refractivity contribution in [2.45, 2.75) is 26.7 Å². The molecule has 0 spiro atoms. The Morgan fingerprint density at radius 2 is 2.16 bits per heavy atom. The first kappa shape index (κ1) is 13.7. The van der Waals surface area contributed by atoms with E-state index in [1.807, 2.05) is 25.3 Å². The molecule has 0 aliphatic rings. The van der Waals surface area contributed by atoms with Gasteiger partial charge in [-0.05, 0) is 25.0 Å². The molecular weight excluding hydrogens is 260 g/mol. The van der Waals surface area contributed by atoms with Gasteiger partial charge in [0.15, 0.2) is 0 Å². The molecule has 2 rings (SSSR count). The molecule has 0 aliphatic heterocycles. The SMILES string of the molecule is CCOC(=O)c1ccc(-c2cscn2)nc1C(C)C. The minimum atomic E-state index is -0.316. The summed E-state index contributed by atoms with van der Waals surface area (Å²) < 4.78 is 5.06. The van der Waals surface area contributed by atoms with Crippen LogP contribution in [0.25, 0.3) is 11.4 Å². The quantitative estimate of drug-likeness (QED) is 0.802. The van der Waals surface area contributed by atoms with Crippen LogP contribution in [0, 0.1) is 0 Å². The van der Waals surface area contributed by atoms with E-state index in [1.165, 1.54) is 11.3 Å². The van der Waals surface area contributed by atoms with Gasteiger partial charge in [0.1, 0.15) is 0 Å². The zero-order valence-corrected chi connectivity index (χ0v) is 12.0. The summed E-state index contributed by atoms with van der Waals surface area (Å²) in [5, 5.41) is 1.94. The van der Waals surface area contributed by atoms with Gasteiger partial charge in [-0.2, -0.15) is 0 Å². The van der Waals surface area contributed by atoms with Crippen molar-refractivity contribution in [2.75, 3.05) is 6.61 Å². The average Bonchev–Trinajstić information content (AvgIpc) is 2.92. The molecule has 0 radical (unpaired) electrons. The third-order valence-corrected chi connectivity index (χ3v) is 3.25. The summed E-state index contributed by atoms with van der Waals surface area (Å²) >= 11 is 1.52. The number of aromatic nitrogens is 2. The highest BCUT2D eigenvalue weighted by atomic mass is 32.1. The molecular formula is C14H16N2O2S. The first-order chi connectivity index (χ1) is 9.13. The Labute approximate surface area is 116 Å². The number of pyridine rings is 1. The molecule has 0 amide bonds. The normalized spacial score (nSPS) is 10.7. The van der Waals surface area contributed by atoms with Crippen molar-refractivity contribution in [2.24, 2.45) is 0 Å². The molecule has 0 aliphatic carbocycles. The van der Waals surface area contributed by atoms with E-state index in [0.29, 0.717) is 12.2 Å². The van der Waals surface area contributed by atoms with Crippen LogP contribution in [0.5, 0.6) is 0 Å². The fourth-order valence-corrected chi connectivity index (χ4v) is 2.32. The van der Waals surface area contributed by atoms with Crippen molar-refractivity contribution < 1.29 is 9.53 Å². The van der Waals surface area contributed by atoms with Gasteiger partial charge in [0, 0.05) is 5.38 Å². The van der Waals surface area contributed by atoms with Crippen molar-refractivity contribution in [1.82, 2.24) is 9.97 Å². The smallest absolute Gasteiger partial charge is 0.339 e. The molecule has 2 heterocycles. The summed E-state index contributed by atoms with van der Waals surface area (Å²) in [6.45, 7) is 6.18. The maximum absolute atomic E-state index is 11.9. The molecule has 2 aromatic rings. The number of carbonyl (C=O) groups excluding carboxylic acids is 1. The fraction of sp³-hybridized carbons (Fsp3) is 0.357. The van der Waals surface area contributed by atoms with Crippen molar-refractivity contribution in [1.29, 1.82) is 0 Å². The minimum Gasteiger partial charge on any atom is -0.462 e. The van der Waals surface area contributed by atoms with Gasteiger partial charge in [-0.25, -0.2) is 14.8 Å². The molecule has 0 N–H and O–H groups in total. The Morgan fingerprint density at radius 3 is 2.74 bits per heavy atom. The average molecular weight is 276 g/mol. The monoisotopic (exact) mass is 276 g/mol. The van der Waals surface area contributed by atoms with E-state index in [1.54, 1.807) is 18.5 Å². The van der Waals surface area contributed by atoms with E-state index in [4.69, 9.17) is 4.74 Å². The van der Waals surface area contributed by atoms with Crippen LogP contribution < -0.4 is 0 Å². The Balaban J connectivity index is 2.44. The molecule has 0 saturated carbocycles. The lowest BCUT2D eigenvalue weighted by atomic mass is 10.0. The summed E-state index contributed by atoms with van der Waals surface area (Å²) in [6.07, 6.45) is 0. The predicted octanol–water partition coefficient (Wildman–Crippen LogP) is 3.51. The zero-order chi connectivity index (χ0) is 13.8. The number of esters is 1. The fourth-order valence-electron chi connectivity index (χ4n) is 1.78. The van der Waals surface area contributed by atoms with Crippen LogP contribution in [-0.4, -0.2) is 22.5 Å². The Morgan fingerprint density at radius 1 is 1.37 bits per heavy atom. The second kappa shape index (κ2) is 5.93. The van der Waals surface area contributed by atoms with Gasteiger partial charge in [0.05, 0.1) is 34.8 Å². The molecule has 19 heavy (non-hydrogen) atoms. The standard InChI is InChI=1S/C14H16N2O2S/c1-4-18-14(17)10-5-6-11(12-7-19-8-15-12)16-13(10)9(2)3/h5-9H,4H2,1-3H3. The second-order valence-electron chi connectivity index (χ2n) is 4.38. The summed E-state index contributed by atoms with van der Waals surface area (Å²) in [4.78, 5) is 20.7. The predicted molar refractivity (Wildman–Crippen MR) is 75.4 cm³/mol. The number of hydrogen-bond acceptors (Lipinski definition) is 5. The van der Waals surface area contributed by atoms with Crippen LogP contribution in [0.2, 0.25) is 0 Å². The zero-order valence-electron chi connectivity index (χ0n) is 11.2. The van der Waals surface area contributed by atoms with Crippen molar-refractivity contribution in [3.05, 3.63) is 34.3 Å². The van der Waals surface area contributed by atoms with Gasteiger partial charge in [0.2, 0.25) is 0 Å². The number of carbonyl (C=O) groups is 1. The van der Waals surface area contributed by atoms with Gasteiger partial charge in [-0.15, -0.1) is 11.3 Å². The second-order valence-corrected chi connectivity index (χ2v) is 5.10. The molecule has 0 saturated heterocycles. The highest BCUT2D eigenvalue weighted by Gasteiger charge is 2.17. The summed E-state index contributed by atoms with van der Waals surface area (Å²) in [7, 11) is 0. The van der Waals surface area contributed by atoms with Crippen LogP contribution in [0.15, 0.2) is 23.0 Å². The number of nitrogens with zero attached hydrogens (tertiary/aromatic N) is 2. The highest BCUT2D eigenvalue weighted by molar-refractivity contribution is 7.07. The van der Waals surface area contributed by atoms with E-state index in [9.17, 15) is 4.79 Å². The van der Waals surface area contributed by atoms with E-state index in [0.717, 1.165) is 17.1 Å². The van der Waals surface area contributed by atoms with Gasteiger partial charge >= 0.3 is 5.97 Å². The van der Waals surface area contributed by atoms with Gasteiger partial charge in [-0.1, -0.05) is 13.8 Å². The summed E-state index contributed by atoms with van der Waals surface area (Å²) in [5.74, 6) is -0.165. The Bertz CT molecular complexity index is 565. The first-order valence-electron chi connectivity index (χ1n) is 6.20. The molecule has 0 aromatic carbocycles. The topological polar surface area (TPSA) is 52.1 Å². The number of thiazole rings is 1. The molecule has 0 fully saturated rings. The van der Waals surface area contributed by atoms with Crippen LogP contribution in [0.1, 0.15) is 42.7 Å². The van der Waals surface area contributed by atoms with Gasteiger partial charge in [0.25, 0.3) is 0 Å². The van der Waals surface area contributed by atoms with Gasteiger partial charge < -0.3 is 4.74 Å². The molecule has 5 heteroatoms. The Kier molecular flexibility index (Phi) is 4.27. The first-order valence-corrected chi connectivity index (χ1v) is 7.14. The molecule has 4 nitrogen and oxygen atoms in total. The van der Waals surface area contributed by atoms with Crippen LogP contribution >= 0.6 is 11.3 Å². The van der Waals surface area contributed by atoms with E-state index >= 15 is 0 Å². The lowest BCUT2D eigenvalue weighted by molar-refractivity contribution is 0.0524. The third kappa shape index (κ3) is 2.98. The molecule has 0 bridgehead atoms. The molecule has 0 atom stereocenters. The summed E-state index contributed by atoms with van der Waals surface area (Å²) in [5.41, 5.74) is 4.69. The van der Waals surface area contributed by atoms with Crippen LogP contribution in [-0.2, 0) is 4.74 Å². The number of rotatable bonds is 4. The minimum absolute atomic E-state index is 0.151. The van der Waals surface area contributed by atoms with E-state index in [-0.39, 0.29) is 11.9 Å². The lowest BCUT2D eigenvalue weighted by Crippen LogP contribution is -2.11. The van der Waals surface area contributed by atoms with Crippen molar-refractivity contribution in [3.63, 3.8) is 0 Å². The maximum atomic E-state index is 11.9. The number of hydrogen-bond donors (Lipinski definition) is 0. The molecule has 2 aromatic heterocycles. The summed E-state index contributed by atoms with van der Waals surface area (Å²) in [6, 6.07) is 3.59.